The predicted octanol–water partition coefficient (Wildman–Crippen LogP) is 1.24. The number of carbonyl (C=O) groups excluding carboxylic acids is 1. The summed E-state index contributed by atoms with van der Waals surface area (Å²) >= 11 is 0. The van der Waals surface area contributed by atoms with Crippen LogP contribution in [0.4, 0.5) is 5.82 Å². The van der Waals surface area contributed by atoms with Crippen molar-refractivity contribution < 1.29 is 4.79 Å². The van der Waals surface area contributed by atoms with Crippen molar-refractivity contribution in [3.63, 3.8) is 0 Å². The van der Waals surface area contributed by atoms with Gasteiger partial charge in [0.05, 0.1) is 5.69 Å². The van der Waals surface area contributed by atoms with Crippen LogP contribution in [0.1, 0.15) is 29.0 Å². The van der Waals surface area contributed by atoms with Crippen LogP contribution in [0.25, 0.3) is 0 Å². The fourth-order valence-electron chi connectivity index (χ4n) is 2.78. The minimum absolute atomic E-state index is 0.0589. The number of nitrogens with zero attached hydrogens (tertiary/aromatic N) is 5. The molecule has 0 aliphatic carbocycles. The minimum Gasteiger partial charge on any atom is -0.367 e. The molecule has 1 aliphatic heterocycles. The van der Waals surface area contributed by atoms with Gasteiger partial charge in [-0.3, -0.25) is 9.48 Å². The number of anilines is 1. The second-order valence-electron chi connectivity index (χ2n) is 5.60. The van der Waals surface area contributed by atoms with Crippen LogP contribution in [0.3, 0.4) is 0 Å². The van der Waals surface area contributed by atoms with Gasteiger partial charge in [-0.2, -0.15) is 5.10 Å². The Morgan fingerprint density at radius 3 is 2.73 bits per heavy atom. The first-order valence-corrected chi connectivity index (χ1v) is 7.46. The van der Waals surface area contributed by atoms with Crippen molar-refractivity contribution in [3.8, 4) is 0 Å². The number of hydrogen-bond donors (Lipinski definition) is 1. The highest BCUT2D eigenvalue weighted by molar-refractivity contribution is 5.92. The Hall–Kier alpha value is -2.44. The average Bonchev–Trinajstić information content (AvgIpc) is 2.87. The van der Waals surface area contributed by atoms with Gasteiger partial charge in [0.15, 0.2) is 0 Å². The van der Waals surface area contributed by atoms with Crippen molar-refractivity contribution in [2.75, 3.05) is 18.4 Å². The van der Waals surface area contributed by atoms with E-state index in [0.29, 0.717) is 11.7 Å². The van der Waals surface area contributed by atoms with Crippen molar-refractivity contribution in [2.45, 2.75) is 25.8 Å². The number of aryl methyl sites for hydroxylation is 2. The maximum Gasteiger partial charge on any atom is 0.272 e. The van der Waals surface area contributed by atoms with Crippen LogP contribution < -0.4 is 5.32 Å². The summed E-state index contributed by atoms with van der Waals surface area (Å²) in [5, 5.41) is 7.63. The molecule has 3 rings (SSSR count). The van der Waals surface area contributed by atoms with E-state index in [2.05, 4.69) is 20.4 Å². The zero-order valence-electron chi connectivity index (χ0n) is 12.9. The van der Waals surface area contributed by atoms with Gasteiger partial charge in [-0.25, -0.2) is 9.97 Å². The van der Waals surface area contributed by atoms with E-state index >= 15 is 0 Å². The number of carbonyl (C=O) groups is 1. The number of rotatable bonds is 3. The average molecular weight is 300 g/mol. The van der Waals surface area contributed by atoms with Crippen LogP contribution in [0.15, 0.2) is 24.7 Å². The van der Waals surface area contributed by atoms with Crippen molar-refractivity contribution in [3.05, 3.63) is 36.0 Å². The third-order valence-electron chi connectivity index (χ3n) is 3.94. The second kappa shape index (κ2) is 6.13. The van der Waals surface area contributed by atoms with E-state index in [1.165, 1.54) is 6.33 Å². The first-order chi connectivity index (χ1) is 10.6. The third-order valence-corrected chi connectivity index (χ3v) is 3.94. The highest BCUT2D eigenvalue weighted by atomic mass is 16.2. The van der Waals surface area contributed by atoms with Gasteiger partial charge in [0, 0.05) is 32.4 Å². The van der Waals surface area contributed by atoms with Crippen molar-refractivity contribution in [2.24, 2.45) is 7.05 Å². The van der Waals surface area contributed by atoms with Gasteiger partial charge < -0.3 is 10.2 Å². The first-order valence-electron chi connectivity index (χ1n) is 7.46. The quantitative estimate of drug-likeness (QED) is 0.923. The Balaban J connectivity index is 1.57. The first kappa shape index (κ1) is 14.5. The maximum atomic E-state index is 12.5. The number of nitrogens with one attached hydrogen (secondary N) is 1. The second-order valence-corrected chi connectivity index (χ2v) is 5.60. The molecule has 0 unspecified atom stereocenters. The molecule has 7 nitrogen and oxygen atoms in total. The molecule has 2 aromatic heterocycles. The van der Waals surface area contributed by atoms with Gasteiger partial charge in [0.2, 0.25) is 0 Å². The molecule has 0 radical (unpaired) electrons. The standard InChI is InChI=1S/C15H20N6O/c1-11-9-13(20(2)19-11)15(22)21-7-4-12(5-8-21)18-14-3-6-16-10-17-14/h3,6,9-10,12H,4-5,7-8H2,1-2H3,(H,16,17,18). The molecule has 0 saturated carbocycles. The fourth-order valence-corrected chi connectivity index (χ4v) is 2.78. The molecular formula is C15H20N6O. The molecule has 116 valence electrons. The van der Waals surface area contributed by atoms with Gasteiger partial charge in [-0.05, 0) is 31.9 Å². The summed E-state index contributed by atoms with van der Waals surface area (Å²) in [5.41, 5.74) is 1.52. The number of aromatic nitrogens is 4. The molecule has 0 aromatic carbocycles. The van der Waals surface area contributed by atoms with Gasteiger partial charge >= 0.3 is 0 Å². The lowest BCUT2D eigenvalue weighted by atomic mass is 10.0. The summed E-state index contributed by atoms with van der Waals surface area (Å²) in [6, 6.07) is 4.04. The van der Waals surface area contributed by atoms with Crippen LogP contribution in [0.5, 0.6) is 0 Å². The van der Waals surface area contributed by atoms with Gasteiger partial charge in [-0.15, -0.1) is 0 Å². The lowest BCUT2D eigenvalue weighted by Crippen LogP contribution is -2.43. The van der Waals surface area contributed by atoms with Crippen molar-refractivity contribution in [1.29, 1.82) is 0 Å². The summed E-state index contributed by atoms with van der Waals surface area (Å²) in [6.45, 7) is 3.38. The van der Waals surface area contributed by atoms with E-state index in [1.54, 1.807) is 10.9 Å². The number of amides is 1. The molecule has 0 bridgehead atoms. The summed E-state index contributed by atoms with van der Waals surface area (Å²) in [5.74, 6) is 0.894. The fraction of sp³-hybridized carbons (Fsp3) is 0.467. The summed E-state index contributed by atoms with van der Waals surface area (Å²) in [6.07, 6.45) is 5.07. The zero-order valence-corrected chi connectivity index (χ0v) is 12.9. The lowest BCUT2D eigenvalue weighted by molar-refractivity contribution is 0.0707. The van der Waals surface area contributed by atoms with Crippen LogP contribution in [0.2, 0.25) is 0 Å². The van der Waals surface area contributed by atoms with Crippen molar-refractivity contribution in [1.82, 2.24) is 24.6 Å². The van der Waals surface area contributed by atoms with Crippen LogP contribution in [0, 0.1) is 6.92 Å². The molecule has 3 heterocycles. The van der Waals surface area contributed by atoms with E-state index in [1.807, 2.05) is 31.0 Å². The Labute approximate surface area is 129 Å². The smallest absolute Gasteiger partial charge is 0.272 e. The molecule has 0 atom stereocenters. The molecule has 1 saturated heterocycles. The molecule has 1 fully saturated rings. The van der Waals surface area contributed by atoms with Gasteiger partial charge in [0.1, 0.15) is 17.8 Å². The molecular weight excluding hydrogens is 280 g/mol. The number of hydrogen-bond acceptors (Lipinski definition) is 5. The van der Waals surface area contributed by atoms with E-state index < -0.39 is 0 Å². The highest BCUT2D eigenvalue weighted by Crippen LogP contribution is 2.17. The van der Waals surface area contributed by atoms with E-state index in [9.17, 15) is 4.79 Å². The summed E-state index contributed by atoms with van der Waals surface area (Å²) in [4.78, 5) is 22.5. The summed E-state index contributed by atoms with van der Waals surface area (Å²) in [7, 11) is 1.81. The van der Waals surface area contributed by atoms with Crippen LogP contribution >= 0.6 is 0 Å². The molecule has 0 spiro atoms. The Bertz CT molecular complexity index is 645. The number of piperidine rings is 1. The molecule has 1 aliphatic rings. The monoisotopic (exact) mass is 300 g/mol. The molecule has 1 amide bonds. The van der Waals surface area contributed by atoms with E-state index in [0.717, 1.165) is 37.4 Å². The molecule has 1 N–H and O–H groups in total. The highest BCUT2D eigenvalue weighted by Gasteiger charge is 2.25. The van der Waals surface area contributed by atoms with Crippen LogP contribution in [-0.2, 0) is 7.05 Å². The molecule has 2 aromatic rings. The molecule has 7 heteroatoms. The van der Waals surface area contributed by atoms with E-state index in [-0.39, 0.29) is 5.91 Å². The van der Waals surface area contributed by atoms with E-state index in [4.69, 9.17) is 0 Å². The molecule has 22 heavy (non-hydrogen) atoms. The number of likely N-dealkylation sites (tertiary alicyclic amines) is 1. The van der Waals surface area contributed by atoms with Gasteiger partial charge in [0.25, 0.3) is 5.91 Å². The maximum absolute atomic E-state index is 12.5. The predicted molar refractivity (Wildman–Crippen MR) is 82.5 cm³/mol. The SMILES string of the molecule is Cc1cc(C(=O)N2CCC(Nc3ccncn3)CC2)n(C)n1. The topological polar surface area (TPSA) is 75.9 Å². The lowest BCUT2D eigenvalue weighted by Gasteiger charge is -2.32. The Morgan fingerprint density at radius 2 is 2.14 bits per heavy atom. The largest absolute Gasteiger partial charge is 0.367 e. The van der Waals surface area contributed by atoms with Gasteiger partial charge in [-0.1, -0.05) is 0 Å². The minimum atomic E-state index is 0.0589. The van der Waals surface area contributed by atoms with Crippen LogP contribution in [-0.4, -0.2) is 49.7 Å². The normalized spacial score (nSPS) is 15.8. The Kier molecular flexibility index (Phi) is 4.04. The third kappa shape index (κ3) is 3.08. The van der Waals surface area contributed by atoms with Crippen molar-refractivity contribution >= 4 is 11.7 Å². The summed E-state index contributed by atoms with van der Waals surface area (Å²) < 4.78 is 1.66. The Morgan fingerprint density at radius 1 is 1.36 bits per heavy atom. The zero-order chi connectivity index (χ0) is 15.5.